The molecule has 9 heteroatoms. The van der Waals surface area contributed by atoms with Crippen LogP contribution in [0, 0.1) is 5.82 Å². The summed E-state index contributed by atoms with van der Waals surface area (Å²) in [5.74, 6) is -1.23. The van der Waals surface area contributed by atoms with E-state index in [4.69, 9.17) is 4.74 Å². The summed E-state index contributed by atoms with van der Waals surface area (Å²) in [6.07, 6.45) is 2.21. The third-order valence-corrected chi connectivity index (χ3v) is 5.36. The molecule has 1 aromatic heterocycles. The third kappa shape index (κ3) is 3.45. The summed E-state index contributed by atoms with van der Waals surface area (Å²) >= 11 is 0. The molecular formula is C19H21FN4O4. The van der Waals surface area contributed by atoms with Crippen molar-refractivity contribution in [2.45, 2.75) is 25.0 Å². The van der Waals surface area contributed by atoms with Crippen LogP contribution >= 0.6 is 0 Å². The van der Waals surface area contributed by atoms with Gasteiger partial charge in [0.1, 0.15) is 23.8 Å². The highest BCUT2D eigenvalue weighted by Crippen LogP contribution is 2.31. The predicted octanol–water partition coefficient (Wildman–Crippen LogP) is 0.780. The molecular weight excluding hydrogens is 367 g/mol. The van der Waals surface area contributed by atoms with Crippen LogP contribution in [-0.4, -0.2) is 63.2 Å². The number of ether oxygens (including phenoxy) is 1. The number of aromatic nitrogens is 2. The normalized spacial score (nSPS) is 18.8. The van der Waals surface area contributed by atoms with Crippen LogP contribution in [0.15, 0.2) is 30.5 Å². The van der Waals surface area contributed by atoms with E-state index in [1.807, 2.05) is 0 Å². The first kappa shape index (κ1) is 18.4. The lowest BCUT2D eigenvalue weighted by molar-refractivity contribution is -0.154. The summed E-state index contributed by atoms with van der Waals surface area (Å²) in [6.45, 7) is 1.16. The highest BCUT2D eigenvalue weighted by atomic mass is 19.1. The van der Waals surface area contributed by atoms with Gasteiger partial charge in [-0.05, 0) is 25.0 Å². The molecule has 1 saturated heterocycles. The van der Waals surface area contributed by atoms with Gasteiger partial charge in [-0.25, -0.2) is 4.39 Å². The Morgan fingerprint density at radius 2 is 1.89 bits per heavy atom. The molecule has 2 N–H and O–H groups in total. The van der Waals surface area contributed by atoms with Gasteiger partial charge < -0.3 is 19.6 Å². The Hall–Kier alpha value is -2.94. The summed E-state index contributed by atoms with van der Waals surface area (Å²) in [5, 5.41) is 17.4. The summed E-state index contributed by atoms with van der Waals surface area (Å²) < 4.78 is 18.9. The Labute approximate surface area is 160 Å². The predicted molar refractivity (Wildman–Crippen MR) is 95.6 cm³/mol. The number of aliphatic hydroxyl groups is 1. The van der Waals surface area contributed by atoms with Gasteiger partial charge in [0, 0.05) is 37.5 Å². The second kappa shape index (κ2) is 7.23. The maximum Gasteiger partial charge on any atom is 0.312 e. The van der Waals surface area contributed by atoms with Crippen LogP contribution in [-0.2, 0) is 21.7 Å². The number of H-pyrrole nitrogens is 1. The number of hydrogen-bond acceptors (Lipinski definition) is 5. The minimum Gasteiger partial charge on any atom is -0.491 e. The molecule has 2 aromatic rings. The summed E-state index contributed by atoms with van der Waals surface area (Å²) in [4.78, 5) is 28.3. The van der Waals surface area contributed by atoms with Crippen molar-refractivity contribution in [3.8, 4) is 5.75 Å². The van der Waals surface area contributed by atoms with Crippen molar-refractivity contribution >= 4 is 11.8 Å². The summed E-state index contributed by atoms with van der Waals surface area (Å²) in [6, 6.07) is 5.86. The van der Waals surface area contributed by atoms with Crippen molar-refractivity contribution in [3.05, 3.63) is 47.5 Å². The molecule has 3 heterocycles. The Morgan fingerprint density at radius 3 is 2.61 bits per heavy atom. The molecule has 2 aliphatic heterocycles. The fraction of sp³-hybridized carbons (Fsp3) is 0.421. The van der Waals surface area contributed by atoms with Crippen LogP contribution in [0.1, 0.15) is 24.1 Å². The fourth-order valence-electron chi connectivity index (χ4n) is 3.65. The SMILES string of the molecule is O=C(C(=O)N1CCOc2cc(F)ccc2C1)N1CCC(O)(c2ccn[nH]2)CC1. The van der Waals surface area contributed by atoms with Crippen molar-refractivity contribution in [1.29, 1.82) is 0 Å². The minimum absolute atomic E-state index is 0.187. The van der Waals surface area contributed by atoms with E-state index in [1.165, 1.54) is 21.9 Å². The zero-order chi connectivity index (χ0) is 19.7. The number of nitrogens with zero attached hydrogens (tertiary/aromatic N) is 3. The molecule has 1 aromatic carbocycles. The topological polar surface area (TPSA) is 98.8 Å². The van der Waals surface area contributed by atoms with Gasteiger partial charge in [0.15, 0.2) is 0 Å². The van der Waals surface area contributed by atoms with Crippen LogP contribution in [0.25, 0.3) is 0 Å². The third-order valence-electron chi connectivity index (χ3n) is 5.36. The van der Waals surface area contributed by atoms with E-state index in [2.05, 4.69) is 10.2 Å². The average Bonchev–Trinajstić information content (AvgIpc) is 3.16. The number of halogens is 1. The molecule has 4 rings (SSSR count). The quantitative estimate of drug-likeness (QED) is 0.704. The smallest absolute Gasteiger partial charge is 0.312 e. The molecule has 148 valence electrons. The summed E-state index contributed by atoms with van der Waals surface area (Å²) in [7, 11) is 0. The van der Waals surface area contributed by atoms with Crippen LogP contribution in [0.2, 0.25) is 0 Å². The molecule has 0 spiro atoms. The first-order chi connectivity index (χ1) is 13.5. The summed E-state index contributed by atoms with van der Waals surface area (Å²) in [5.41, 5.74) is 0.197. The van der Waals surface area contributed by atoms with Crippen molar-refractivity contribution in [1.82, 2.24) is 20.0 Å². The van der Waals surface area contributed by atoms with E-state index in [0.29, 0.717) is 29.8 Å². The lowest BCUT2D eigenvalue weighted by Gasteiger charge is -2.37. The van der Waals surface area contributed by atoms with Crippen molar-refractivity contribution < 1.29 is 23.8 Å². The molecule has 0 aliphatic carbocycles. The van der Waals surface area contributed by atoms with Crippen LogP contribution < -0.4 is 4.74 Å². The number of fused-ring (bicyclic) bond motifs is 1. The molecule has 8 nitrogen and oxygen atoms in total. The van der Waals surface area contributed by atoms with E-state index in [0.717, 1.165) is 0 Å². The lowest BCUT2D eigenvalue weighted by atomic mass is 9.88. The van der Waals surface area contributed by atoms with E-state index in [-0.39, 0.29) is 32.8 Å². The van der Waals surface area contributed by atoms with E-state index >= 15 is 0 Å². The maximum atomic E-state index is 13.4. The van der Waals surface area contributed by atoms with Crippen LogP contribution in [0.3, 0.4) is 0 Å². The lowest BCUT2D eigenvalue weighted by Crippen LogP contribution is -2.51. The van der Waals surface area contributed by atoms with Gasteiger partial charge in [-0.2, -0.15) is 5.10 Å². The highest BCUT2D eigenvalue weighted by Gasteiger charge is 2.39. The zero-order valence-electron chi connectivity index (χ0n) is 15.2. The number of rotatable bonds is 1. The van der Waals surface area contributed by atoms with Crippen LogP contribution in [0.4, 0.5) is 4.39 Å². The number of benzene rings is 1. The molecule has 0 unspecified atom stereocenters. The molecule has 0 saturated carbocycles. The van der Waals surface area contributed by atoms with Gasteiger partial charge in [0.05, 0.1) is 12.2 Å². The van der Waals surface area contributed by atoms with E-state index in [9.17, 15) is 19.1 Å². The second-order valence-corrected chi connectivity index (χ2v) is 7.12. The monoisotopic (exact) mass is 388 g/mol. The van der Waals surface area contributed by atoms with Gasteiger partial charge in [0.25, 0.3) is 0 Å². The molecule has 0 bridgehead atoms. The van der Waals surface area contributed by atoms with Crippen LogP contribution in [0.5, 0.6) is 5.75 Å². The number of nitrogens with one attached hydrogen (secondary N) is 1. The number of hydrogen-bond donors (Lipinski definition) is 2. The van der Waals surface area contributed by atoms with Gasteiger partial charge >= 0.3 is 11.8 Å². The van der Waals surface area contributed by atoms with Crippen molar-refractivity contribution in [3.63, 3.8) is 0 Å². The fourth-order valence-corrected chi connectivity index (χ4v) is 3.65. The number of carbonyl (C=O) groups is 2. The molecule has 0 atom stereocenters. The van der Waals surface area contributed by atoms with Gasteiger partial charge in [-0.3, -0.25) is 14.7 Å². The highest BCUT2D eigenvalue weighted by molar-refractivity contribution is 6.34. The second-order valence-electron chi connectivity index (χ2n) is 7.12. The molecule has 1 fully saturated rings. The Kier molecular flexibility index (Phi) is 4.76. The molecule has 2 amide bonds. The van der Waals surface area contributed by atoms with Gasteiger partial charge in [-0.1, -0.05) is 6.07 Å². The first-order valence-electron chi connectivity index (χ1n) is 9.18. The number of piperidine rings is 1. The minimum atomic E-state index is -1.07. The molecule has 2 aliphatic rings. The van der Waals surface area contributed by atoms with Gasteiger partial charge in [0.2, 0.25) is 0 Å². The zero-order valence-corrected chi connectivity index (χ0v) is 15.2. The largest absolute Gasteiger partial charge is 0.491 e. The number of likely N-dealkylation sites (tertiary alicyclic amines) is 1. The Bertz CT molecular complexity index is 878. The van der Waals surface area contributed by atoms with E-state index < -0.39 is 23.2 Å². The number of amides is 2. The molecule has 28 heavy (non-hydrogen) atoms. The Morgan fingerprint density at radius 1 is 1.14 bits per heavy atom. The van der Waals surface area contributed by atoms with Gasteiger partial charge in [-0.15, -0.1) is 0 Å². The van der Waals surface area contributed by atoms with E-state index in [1.54, 1.807) is 18.3 Å². The van der Waals surface area contributed by atoms with Crippen molar-refractivity contribution in [2.75, 3.05) is 26.2 Å². The number of carbonyl (C=O) groups excluding carboxylic acids is 2. The maximum absolute atomic E-state index is 13.4. The Balaban J connectivity index is 1.41. The average molecular weight is 388 g/mol. The molecule has 0 radical (unpaired) electrons. The van der Waals surface area contributed by atoms with Crippen molar-refractivity contribution in [2.24, 2.45) is 0 Å². The standard InChI is InChI=1S/C19H21FN4O4/c20-14-2-1-13-12-24(9-10-28-15(13)11-14)18(26)17(25)23-7-4-19(27,5-8-23)16-3-6-21-22-16/h1-3,6,11,27H,4-5,7-10,12H2,(H,21,22). The first-order valence-corrected chi connectivity index (χ1v) is 9.18. The number of aromatic amines is 1.